The van der Waals surface area contributed by atoms with Crippen LogP contribution in [-0.4, -0.2) is 184 Å². The maximum Gasteiger partial charge on any atom is 0.234 e. The van der Waals surface area contributed by atoms with E-state index in [1.807, 2.05) is 11.7 Å². The van der Waals surface area contributed by atoms with Crippen LogP contribution < -0.4 is 22.3 Å². The maximum absolute atomic E-state index is 11.7. The van der Waals surface area contributed by atoms with E-state index in [-0.39, 0.29) is 32.0 Å². The van der Waals surface area contributed by atoms with Crippen LogP contribution >= 0.6 is 35.3 Å². The van der Waals surface area contributed by atoms with Gasteiger partial charge in [0, 0.05) is 48.9 Å². The number of carbonyl (C=O) groups excluding carboxylic acids is 2. The lowest BCUT2D eigenvalue weighted by molar-refractivity contribution is -0.332. The molecule has 0 radical (unpaired) electrons. The summed E-state index contributed by atoms with van der Waals surface area (Å²) in [5.41, 5.74) is 7.71. The molecule has 0 bridgehead atoms. The number of amidine groups is 1. The number of hydrazine groups is 1. The minimum atomic E-state index is -1.58. The maximum atomic E-state index is 11.7. The molecule has 10 atom stereocenters. The van der Waals surface area contributed by atoms with Crippen molar-refractivity contribution in [3.63, 3.8) is 0 Å². The van der Waals surface area contributed by atoms with E-state index in [9.17, 15) is 40.2 Å². The number of aliphatic imine (C=N–C) groups is 1. The highest BCUT2D eigenvalue weighted by Crippen LogP contribution is 2.27. The molecule has 48 heavy (non-hydrogen) atoms. The molecule has 2 aliphatic heterocycles. The van der Waals surface area contributed by atoms with Gasteiger partial charge in [0.15, 0.2) is 12.6 Å². The average molecular weight is 750 g/mol. The van der Waals surface area contributed by atoms with Crippen molar-refractivity contribution in [1.29, 1.82) is 0 Å². The Balaban J connectivity index is 1.78. The Morgan fingerprint density at radius 1 is 0.833 bits per heavy atom. The predicted molar refractivity (Wildman–Crippen MR) is 180 cm³/mol. The summed E-state index contributed by atoms with van der Waals surface area (Å²) in [5, 5.41) is 65.2. The molecule has 2 aliphatic rings. The Kier molecular flexibility index (Phi) is 21.8. The molecule has 0 aromatic carbocycles. The Morgan fingerprint density at radius 2 is 1.46 bits per heavy atom. The van der Waals surface area contributed by atoms with Gasteiger partial charge in [-0.1, -0.05) is 0 Å². The topological polar surface area (TPSA) is 290 Å². The second-order valence-corrected chi connectivity index (χ2v) is 14.0. The first-order valence-electron chi connectivity index (χ1n) is 15.4. The van der Waals surface area contributed by atoms with Gasteiger partial charge in [0.25, 0.3) is 0 Å². The quantitative estimate of drug-likeness (QED) is 0.0118. The SMILES string of the molecule is CSCC(N)=NCCSCCO[C@@H]1[C@@H](O)[C@H](O)[C@@H](CO[C@H]2O[C@H](CO)[C@@H](O)[C@H](O)[C@H]2OCCSCCNC(=O)CCC(=O)NN)O[C@@H]1O. The van der Waals surface area contributed by atoms with Crippen LogP contribution in [0.5, 0.6) is 0 Å². The first kappa shape index (κ1) is 43.1. The third-order valence-corrected chi connectivity index (χ3v) is 9.60. The molecule has 280 valence electrons. The highest BCUT2D eigenvalue weighted by molar-refractivity contribution is 7.99. The molecule has 0 unspecified atom stereocenters. The zero-order chi connectivity index (χ0) is 35.5. The molecule has 12 N–H and O–H groups in total. The smallest absolute Gasteiger partial charge is 0.234 e. The van der Waals surface area contributed by atoms with Crippen molar-refractivity contribution in [3.05, 3.63) is 0 Å². The fraction of sp³-hybridized carbons (Fsp3) is 0.889. The molecule has 2 fully saturated rings. The number of ether oxygens (including phenoxy) is 5. The van der Waals surface area contributed by atoms with Gasteiger partial charge >= 0.3 is 0 Å². The van der Waals surface area contributed by atoms with Gasteiger partial charge in [-0.2, -0.15) is 35.3 Å². The minimum Gasteiger partial charge on any atom is -0.394 e. The molecule has 0 spiro atoms. The fourth-order valence-corrected chi connectivity index (χ4v) is 6.27. The van der Waals surface area contributed by atoms with Gasteiger partial charge in [-0.05, 0) is 6.26 Å². The van der Waals surface area contributed by atoms with Crippen LogP contribution in [-0.2, 0) is 33.3 Å². The lowest BCUT2D eigenvalue weighted by atomic mass is 9.98. The van der Waals surface area contributed by atoms with Crippen molar-refractivity contribution in [2.24, 2.45) is 16.6 Å². The number of carbonyl (C=O) groups is 2. The highest BCUT2D eigenvalue weighted by Gasteiger charge is 2.48. The summed E-state index contributed by atoms with van der Waals surface area (Å²) in [4.78, 5) is 27.1. The second-order valence-electron chi connectivity index (χ2n) is 10.7. The molecule has 0 aliphatic carbocycles. The zero-order valence-electron chi connectivity index (χ0n) is 26.8. The van der Waals surface area contributed by atoms with Gasteiger partial charge in [-0.25, -0.2) is 5.84 Å². The average Bonchev–Trinajstić information content (AvgIpc) is 3.07. The molecule has 2 amide bonds. The van der Waals surface area contributed by atoms with Crippen LogP contribution in [0.4, 0.5) is 0 Å². The van der Waals surface area contributed by atoms with E-state index in [0.717, 1.165) is 0 Å². The molecule has 18 nitrogen and oxygen atoms in total. The van der Waals surface area contributed by atoms with Crippen molar-refractivity contribution in [2.75, 3.05) is 74.5 Å². The highest BCUT2D eigenvalue weighted by atomic mass is 32.2. The molecule has 2 heterocycles. The van der Waals surface area contributed by atoms with Crippen molar-refractivity contribution < 1.29 is 63.9 Å². The van der Waals surface area contributed by atoms with E-state index < -0.39 is 80.5 Å². The van der Waals surface area contributed by atoms with Crippen LogP contribution in [0.3, 0.4) is 0 Å². The summed E-state index contributed by atoms with van der Waals surface area (Å²) < 4.78 is 28.2. The first-order valence-corrected chi connectivity index (χ1v) is 19.1. The van der Waals surface area contributed by atoms with E-state index in [1.165, 1.54) is 11.8 Å². The van der Waals surface area contributed by atoms with Gasteiger partial charge in [0.2, 0.25) is 11.8 Å². The van der Waals surface area contributed by atoms with Crippen LogP contribution in [0, 0.1) is 0 Å². The lowest BCUT2D eigenvalue weighted by Gasteiger charge is -2.43. The standard InChI is InChI=1S/C27H51N5O13S3/c1-46-14-17(28)30-4-8-47-10-6-41-24-22(38)21(37)16(44-26(24)40)13-43-27-25(23(39)20(36)15(12-33)45-27)42-7-11-48-9-5-31-18(34)2-3-19(35)32-29/h15-16,20-27,33,36-40H,2-14,29H2,1H3,(H2,28,30)(H,31,34)(H,32,35)/t15-,16-,20-,21-,22+,23+,24-,25-,26+,27+/m1/s1. The number of amides is 2. The number of nitrogens with two attached hydrogens (primary N) is 2. The van der Waals surface area contributed by atoms with Gasteiger partial charge in [-0.3, -0.25) is 20.0 Å². The normalized spacial score (nSPS) is 31.0. The zero-order valence-corrected chi connectivity index (χ0v) is 29.3. The van der Waals surface area contributed by atoms with Crippen molar-refractivity contribution in [3.8, 4) is 0 Å². The van der Waals surface area contributed by atoms with Gasteiger partial charge < -0.3 is 65.4 Å². The minimum absolute atomic E-state index is 0.00957. The number of aliphatic hydroxyl groups is 6. The molecule has 0 saturated carbocycles. The number of nitrogens with zero attached hydrogens (tertiary/aromatic N) is 1. The van der Waals surface area contributed by atoms with E-state index in [2.05, 4.69) is 10.3 Å². The third-order valence-electron chi connectivity index (χ3n) is 7.14. The number of thioether (sulfide) groups is 3. The molecule has 21 heteroatoms. The lowest BCUT2D eigenvalue weighted by Crippen LogP contribution is -2.62. The number of hydrogen-bond donors (Lipinski definition) is 10. The Bertz CT molecular complexity index is 965. The summed E-state index contributed by atoms with van der Waals surface area (Å²) in [5.74, 6) is 7.72. The number of hydrogen-bond acceptors (Lipinski definition) is 18. The molecule has 2 saturated heterocycles. The predicted octanol–water partition coefficient (Wildman–Crippen LogP) is -4.28. The van der Waals surface area contributed by atoms with Crippen molar-refractivity contribution in [1.82, 2.24) is 10.7 Å². The molecule has 2 rings (SSSR count). The van der Waals surface area contributed by atoms with E-state index in [1.54, 1.807) is 23.5 Å². The largest absolute Gasteiger partial charge is 0.394 e. The summed E-state index contributed by atoms with van der Waals surface area (Å²) in [7, 11) is 0. The van der Waals surface area contributed by atoms with Crippen LogP contribution in [0.15, 0.2) is 4.99 Å². The summed E-state index contributed by atoms with van der Waals surface area (Å²) >= 11 is 4.57. The molecular formula is C27H51N5O13S3. The van der Waals surface area contributed by atoms with Crippen LogP contribution in [0.1, 0.15) is 12.8 Å². The number of aliphatic hydroxyl groups excluding tert-OH is 6. The van der Waals surface area contributed by atoms with E-state index >= 15 is 0 Å². The van der Waals surface area contributed by atoms with Gasteiger partial charge in [-0.15, -0.1) is 0 Å². The summed E-state index contributed by atoms with van der Waals surface area (Å²) in [6.45, 7) is 0.131. The van der Waals surface area contributed by atoms with Gasteiger partial charge in [0.05, 0.1) is 32.2 Å². The Morgan fingerprint density at radius 3 is 2.12 bits per heavy atom. The number of nitrogens with one attached hydrogen (secondary N) is 2. The van der Waals surface area contributed by atoms with Gasteiger partial charge in [0.1, 0.15) is 54.7 Å². The van der Waals surface area contributed by atoms with Crippen LogP contribution in [0.2, 0.25) is 0 Å². The van der Waals surface area contributed by atoms with E-state index in [0.29, 0.717) is 47.7 Å². The fourth-order valence-electron chi connectivity index (χ4n) is 4.58. The van der Waals surface area contributed by atoms with E-state index in [4.69, 9.17) is 35.3 Å². The molecule has 0 aromatic rings. The van der Waals surface area contributed by atoms with Crippen molar-refractivity contribution >= 4 is 52.9 Å². The monoisotopic (exact) mass is 749 g/mol. The van der Waals surface area contributed by atoms with Crippen LogP contribution in [0.25, 0.3) is 0 Å². The Hall–Kier alpha value is -1.02. The van der Waals surface area contributed by atoms with Crippen molar-refractivity contribution in [2.45, 2.75) is 74.3 Å². The first-order chi connectivity index (χ1) is 23.0. The summed E-state index contributed by atoms with van der Waals surface area (Å²) in [6.07, 6.45) is -11.8. The number of rotatable bonds is 23. The second kappa shape index (κ2) is 24.2. The third kappa shape index (κ3) is 15.1. The Labute approximate surface area is 292 Å². The molecule has 0 aromatic heterocycles. The molecular weight excluding hydrogens is 699 g/mol. The summed E-state index contributed by atoms with van der Waals surface area (Å²) in [6, 6.07) is 0.